The van der Waals surface area contributed by atoms with Crippen molar-refractivity contribution in [2.45, 2.75) is 91.5 Å². The van der Waals surface area contributed by atoms with E-state index in [-0.39, 0.29) is 42.1 Å². The number of benzene rings is 3. The van der Waals surface area contributed by atoms with Gasteiger partial charge in [-0.2, -0.15) is 4.90 Å². The number of hydrogen-bond acceptors (Lipinski definition) is 11. The maximum atomic E-state index is 15.6. The average molecular weight is 760 g/mol. The second-order valence-corrected chi connectivity index (χ2v) is 15.3. The van der Waals surface area contributed by atoms with Crippen molar-refractivity contribution in [2.75, 3.05) is 29.7 Å². The number of aryl methyl sites for hydroxylation is 1. The first-order valence-electron chi connectivity index (χ1n) is 17.7. The number of hydrogen-bond donors (Lipinski definition) is 4. The molecule has 2 atom stereocenters. The summed E-state index contributed by atoms with van der Waals surface area (Å²) in [5.74, 6) is -2.01. The fraction of sp³-hybridized carbons (Fsp3) is 0.390. The van der Waals surface area contributed by atoms with Gasteiger partial charge in [-0.15, -0.1) is 0 Å². The van der Waals surface area contributed by atoms with Gasteiger partial charge in [-0.1, -0.05) is 31.2 Å². The van der Waals surface area contributed by atoms with Gasteiger partial charge in [0.1, 0.15) is 23.1 Å². The molecule has 0 spiro atoms. The highest BCUT2D eigenvalue weighted by Gasteiger charge is 2.35. The van der Waals surface area contributed by atoms with Crippen LogP contribution in [-0.2, 0) is 36.8 Å². The molecule has 294 valence electrons. The third-order valence-corrected chi connectivity index (χ3v) is 8.43. The highest BCUT2D eigenvalue weighted by atomic mass is 19.1. The van der Waals surface area contributed by atoms with Crippen molar-refractivity contribution in [1.82, 2.24) is 10.3 Å². The number of nitrogens with one attached hydrogen (secondary N) is 2. The molecule has 13 nitrogen and oxygen atoms in total. The van der Waals surface area contributed by atoms with Crippen molar-refractivity contribution in [3.05, 3.63) is 94.4 Å². The molecule has 55 heavy (non-hydrogen) atoms. The Hall–Kier alpha value is -5.76. The molecule has 3 amide bonds. The van der Waals surface area contributed by atoms with Crippen molar-refractivity contribution >= 4 is 52.0 Å². The lowest BCUT2D eigenvalue weighted by Gasteiger charge is -2.28. The lowest BCUT2D eigenvalue weighted by Crippen LogP contribution is -2.44. The number of halogens is 1. The number of amides is 3. The second kappa shape index (κ2) is 17.1. The normalized spacial score (nSPS) is 12.7. The summed E-state index contributed by atoms with van der Waals surface area (Å²) in [5, 5.41) is 16.0. The molecule has 0 fully saturated rings. The monoisotopic (exact) mass is 759 g/mol. The van der Waals surface area contributed by atoms with Crippen LogP contribution in [0.25, 0.3) is 10.8 Å². The fourth-order valence-corrected chi connectivity index (χ4v) is 5.82. The number of carbonyl (C=O) groups excluding carboxylic acids is 4. The van der Waals surface area contributed by atoms with E-state index in [1.165, 1.54) is 19.2 Å². The number of pyridine rings is 1. The number of imide groups is 1. The van der Waals surface area contributed by atoms with E-state index in [4.69, 9.17) is 19.9 Å². The van der Waals surface area contributed by atoms with Crippen LogP contribution in [0.15, 0.2) is 60.8 Å². The Labute approximate surface area is 320 Å². The molecule has 4 rings (SSSR count). The number of ether oxygens (including phenoxy) is 3. The molecule has 4 aromatic rings. The van der Waals surface area contributed by atoms with Crippen LogP contribution >= 0.6 is 0 Å². The van der Waals surface area contributed by atoms with Gasteiger partial charge in [0, 0.05) is 41.2 Å². The third-order valence-electron chi connectivity index (χ3n) is 8.43. The van der Waals surface area contributed by atoms with Crippen LogP contribution < -0.4 is 21.3 Å². The third kappa shape index (κ3) is 10.9. The first-order chi connectivity index (χ1) is 25.7. The summed E-state index contributed by atoms with van der Waals surface area (Å²) in [6, 6.07) is 14.0. The molecule has 0 aliphatic carbocycles. The van der Waals surface area contributed by atoms with Gasteiger partial charge in [-0.05, 0) is 107 Å². The summed E-state index contributed by atoms with van der Waals surface area (Å²) >= 11 is 0. The van der Waals surface area contributed by atoms with Crippen LogP contribution in [0.1, 0.15) is 88.2 Å². The van der Waals surface area contributed by atoms with Crippen molar-refractivity contribution in [3.8, 4) is 0 Å². The van der Waals surface area contributed by atoms with Crippen molar-refractivity contribution in [3.63, 3.8) is 0 Å². The Bertz CT molecular complexity index is 2050. The van der Waals surface area contributed by atoms with Gasteiger partial charge in [0.15, 0.2) is 5.82 Å². The number of nitrogens with zero attached hydrogens (tertiary/aromatic N) is 2. The molecule has 0 saturated heterocycles. The molecule has 1 aromatic heterocycles. The summed E-state index contributed by atoms with van der Waals surface area (Å²) < 4.78 is 31.4. The largest absolute Gasteiger partial charge is 0.469 e. The zero-order valence-electron chi connectivity index (χ0n) is 32.7. The number of fused-ring (bicyclic) bond motifs is 1. The standard InChI is InChI=1S/C41H50FN5O8/c1-23-16-26(11-14-30(23)24(2)22-48)35(37(50)45-20-27-17-28(43)12-10-25(27)18-34(49)53-9)46-29-13-15-31-32(19-29)33(42)21-44-36(31)47(38(51)54-40(3,4)5)39(52)55-41(6,7)8/h10-17,19,21,24,35,46,48H,18,20,22,43H2,1-9H3,(H,45,50)/t24-,35?/m0/s1. The van der Waals surface area contributed by atoms with E-state index >= 15 is 4.39 Å². The quantitative estimate of drug-likeness (QED) is 0.0688. The van der Waals surface area contributed by atoms with Crippen LogP contribution in [0.4, 0.5) is 31.2 Å². The summed E-state index contributed by atoms with van der Waals surface area (Å²) in [7, 11) is 1.29. The molecule has 0 saturated carbocycles. The summed E-state index contributed by atoms with van der Waals surface area (Å²) in [5.41, 5.74) is 8.42. The highest BCUT2D eigenvalue weighted by Crippen LogP contribution is 2.33. The molecule has 1 heterocycles. The number of nitrogen functional groups attached to an aromatic ring is 1. The van der Waals surface area contributed by atoms with Gasteiger partial charge in [0.2, 0.25) is 5.91 Å². The molecular weight excluding hydrogens is 709 g/mol. The number of anilines is 3. The average Bonchev–Trinajstić information content (AvgIpc) is 3.09. The molecule has 14 heteroatoms. The zero-order chi connectivity index (χ0) is 40.8. The summed E-state index contributed by atoms with van der Waals surface area (Å²) in [4.78, 5) is 57.8. The van der Waals surface area contributed by atoms with Gasteiger partial charge in [-0.25, -0.2) is 19.0 Å². The summed E-state index contributed by atoms with van der Waals surface area (Å²) in [6.45, 7) is 13.6. The van der Waals surface area contributed by atoms with Gasteiger partial charge in [-0.3, -0.25) is 9.59 Å². The Kier molecular flexibility index (Phi) is 13.1. The molecule has 5 N–H and O–H groups in total. The minimum Gasteiger partial charge on any atom is -0.469 e. The molecule has 0 aliphatic heterocycles. The Balaban J connectivity index is 1.77. The number of aromatic nitrogens is 1. The number of aliphatic hydroxyl groups is 1. The molecule has 0 aliphatic rings. The number of nitrogens with two attached hydrogens (primary N) is 1. The zero-order valence-corrected chi connectivity index (χ0v) is 32.7. The molecule has 1 unspecified atom stereocenters. The number of carbonyl (C=O) groups is 4. The van der Waals surface area contributed by atoms with Gasteiger partial charge >= 0.3 is 18.2 Å². The van der Waals surface area contributed by atoms with E-state index in [0.717, 1.165) is 17.3 Å². The highest BCUT2D eigenvalue weighted by molar-refractivity contribution is 6.14. The molecular formula is C41H50FN5O8. The maximum Gasteiger partial charge on any atom is 0.425 e. The van der Waals surface area contributed by atoms with Crippen LogP contribution in [0.3, 0.4) is 0 Å². The van der Waals surface area contributed by atoms with Gasteiger partial charge in [0.05, 0.1) is 19.7 Å². The molecule has 0 bridgehead atoms. The Morgan fingerprint density at radius 1 is 0.909 bits per heavy atom. The van der Waals surface area contributed by atoms with Crippen molar-refractivity contribution < 1.29 is 42.9 Å². The second-order valence-electron chi connectivity index (χ2n) is 15.3. The van der Waals surface area contributed by atoms with E-state index in [1.54, 1.807) is 71.9 Å². The Morgan fingerprint density at radius 2 is 1.56 bits per heavy atom. The van der Waals surface area contributed by atoms with Crippen LogP contribution in [0, 0.1) is 12.7 Å². The van der Waals surface area contributed by atoms with Crippen molar-refractivity contribution in [2.24, 2.45) is 0 Å². The SMILES string of the molecule is COC(=O)Cc1ccc(N)cc1CNC(=O)C(Nc1ccc2c(N(C(=O)OC(C)(C)C)C(=O)OC(C)(C)C)ncc(F)c2c1)c1ccc([C@@H](C)CO)c(C)c1. The number of esters is 1. The minimum absolute atomic E-state index is 0.0122. The lowest BCUT2D eigenvalue weighted by atomic mass is 9.93. The predicted octanol–water partition coefficient (Wildman–Crippen LogP) is 7.22. The Morgan fingerprint density at radius 3 is 2.15 bits per heavy atom. The number of rotatable bonds is 11. The van der Waals surface area contributed by atoms with E-state index in [0.29, 0.717) is 33.0 Å². The minimum atomic E-state index is -1.06. The van der Waals surface area contributed by atoms with Crippen LogP contribution in [0.2, 0.25) is 0 Å². The van der Waals surface area contributed by atoms with Gasteiger partial charge in [0.25, 0.3) is 0 Å². The smallest absolute Gasteiger partial charge is 0.425 e. The fourth-order valence-electron chi connectivity index (χ4n) is 5.82. The van der Waals surface area contributed by atoms with Crippen molar-refractivity contribution in [1.29, 1.82) is 0 Å². The van der Waals surface area contributed by atoms with Crippen LogP contribution in [-0.4, -0.2) is 59.1 Å². The van der Waals surface area contributed by atoms with E-state index in [9.17, 15) is 24.3 Å². The number of methoxy groups -OCH3 is 1. The lowest BCUT2D eigenvalue weighted by molar-refractivity contribution is -0.139. The molecule has 3 aromatic carbocycles. The van der Waals surface area contributed by atoms with E-state index in [1.807, 2.05) is 26.0 Å². The number of aliphatic hydroxyl groups excluding tert-OH is 1. The topological polar surface area (TPSA) is 182 Å². The first kappa shape index (κ1) is 42.0. The van der Waals surface area contributed by atoms with Crippen LogP contribution in [0.5, 0.6) is 0 Å². The molecule has 0 radical (unpaired) electrons. The first-order valence-corrected chi connectivity index (χ1v) is 17.7. The maximum absolute atomic E-state index is 15.6. The van der Waals surface area contributed by atoms with Gasteiger partial charge < -0.3 is 35.7 Å². The predicted molar refractivity (Wildman–Crippen MR) is 208 cm³/mol. The van der Waals surface area contributed by atoms with E-state index < -0.39 is 47.1 Å². The van der Waals surface area contributed by atoms with E-state index in [2.05, 4.69) is 15.6 Å². The summed E-state index contributed by atoms with van der Waals surface area (Å²) in [6.07, 6.45) is -1.27.